The Morgan fingerprint density at radius 1 is 1.05 bits per heavy atom. The third kappa shape index (κ3) is 8.77. The van der Waals surface area contributed by atoms with Crippen molar-refractivity contribution in [2.24, 2.45) is 5.92 Å². The van der Waals surface area contributed by atoms with E-state index < -0.39 is 0 Å². The fraction of sp³-hybridized carbons (Fsp3) is 0.684. The Morgan fingerprint density at radius 2 is 1.76 bits per heavy atom. The highest BCUT2D eigenvalue weighted by Gasteiger charge is 2.03. The first-order valence-corrected chi connectivity index (χ1v) is 8.57. The fourth-order valence-corrected chi connectivity index (χ4v) is 2.29. The second-order valence-corrected chi connectivity index (χ2v) is 6.42. The molecule has 0 aromatic heterocycles. The fourth-order valence-electron chi connectivity index (χ4n) is 2.29. The Labute approximate surface area is 131 Å². The molecule has 0 spiro atoms. The van der Waals surface area contributed by atoms with Gasteiger partial charge in [-0.3, -0.25) is 0 Å². The van der Waals surface area contributed by atoms with Gasteiger partial charge in [0.05, 0.1) is 0 Å². The third-order valence-electron chi connectivity index (χ3n) is 3.78. The van der Waals surface area contributed by atoms with Gasteiger partial charge in [0.2, 0.25) is 0 Å². The largest absolute Gasteiger partial charge is 0.492 e. The zero-order valence-corrected chi connectivity index (χ0v) is 14.3. The molecular weight excluding hydrogens is 258 g/mol. The molecule has 120 valence electrons. The quantitative estimate of drug-likeness (QED) is 0.590. The Hall–Kier alpha value is -1.02. The van der Waals surface area contributed by atoms with Gasteiger partial charge in [0.15, 0.2) is 0 Å². The molecule has 0 amide bonds. The van der Waals surface area contributed by atoms with Crippen LogP contribution in [0.1, 0.15) is 58.9 Å². The van der Waals surface area contributed by atoms with Crippen LogP contribution in [-0.2, 0) is 6.42 Å². The van der Waals surface area contributed by atoms with E-state index in [-0.39, 0.29) is 0 Å². The zero-order chi connectivity index (χ0) is 15.5. The summed E-state index contributed by atoms with van der Waals surface area (Å²) in [4.78, 5) is 0. The number of aryl methyl sites for hydroxylation is 1. The van der Waals surface area contributed by atoms with Gasteiger partial charge in [-0.1, -0.05) is 39.3 Å². The van der Waals surface area contributed by atoms with Crippen LogP contribution in [0, 0.1) is 5.92 Å². The summed E-state index contributed by atoms with van der Waals surface area (Å²) in [6, 6.07) is 9.13. The topological polar surface area (TPSA) is 21.3 Å². The van der Waals surface area contributed by atoms with E-state index in [0.717, 1.165) is 24.8 Å². The summed E-state index contributed by atoms with van der Waals surface area (Å²) in [7, 11) is 0. The van der Waals surface area contributed by atoms with Crippen molar-refractivity contribution in [3.8, 4) is 5.75 Å². The standard InChI is InChI=1S/C19H33NO/c1-5-6-7-18-10-12-19(13-11-18)21-15-14-20-17(4)9-8-16(2)3/h10-13,16-17,20H,5-9,14-15H2,1-4H3. The molecular formula is C19H33NO. The summed E-state index contributed by atoms with van der Waals surface area (Å²) in [6.07, 6.45) is 6.21. The van der Waals surface area contributed by atoms with E-state index in [0.29, 0.717) is 6.04 Å². The molecule has 1 aromatic carbocycles. The van der Waals surface area contributed by atoms with Crippen molar-refractivity contribution in [2.75, 3.05) is 13.2 Å². The van der Waals surface area contributed by atoms with Crippen LogP contribution in [0.15, 0.2) is 24.3 Å². The summed E-state index contributed by atoms with van der Waals surface area (Å²) in [6.45, 7) is 10.7. The lowest BCUT2D eigenvalue weighted by Crippen LogP contribution is -2.30. The molecule has 21 heavy (non-hydrogen) atoms. The molecule has 1 unspecified atom stereocenters. The van der Waals surface area contributed by atoms with Crippen LogP contribution >= 0.6 is 0 Å². The second-order valence-electron chi connectivity index (χ2n) is 6.42. The number of hydrogen-bond acceptors (Lipinski definition) is 2. The van der Waals surface area contributed by atoms with Crippen LogP contribution in [0.5, 0.6) is 5.75 Å². The van der Waals surface area contributed by atoms with Gasteiger partial charge in [0.25, 0.3) is 0 Å². The summed E-state index contributed by atoms with van der Waals surface area (Å²) in [5, 5.41) is 3.52. The Balaban J connectivity index is 2.14. The maximum atomic E-state index is 5.78. The molecule has 1 aromatic rings. The van der Waals surface area contributed by atoms with Gasteiger partial charge in [0.1, 0.15) is 12.4 Å². The van der Waals surface area contributed by atoms with Crippen LogP contribution in [0.4, 0.5) is 0 Å². The van der Waals surface area contributed by atoms with Crippen molar-refractivity contribution >= 4 is 0 Å². The number of hydrogen-bond donors (Lipinski definition) is 1. The van der Waals surface area contributed by atoms with E-state index in [1.54, 1.807) is 0 Å². The van der Waals surface area contributed by atoms with Crippen LogP contribution in [-0.4, -0.2) is 19.2 Å². The zero-order valence-electron chi connectivity index (χ0n) is 14.3. The number of nitrogens with one attached hydrogen (secondary N) is 1. The van der Waals surface area contributed by atoms with Gasteiger partial charge >= 0.3 is 0 Å². The summed E-state index contributed by atoms with van der Waals surface area (Å²) in [5.74, 6) is 1.77. The van der Waals surface area contributed by atoms with E-state index in [4.69, 9.17) is 4.74 Å². The van der Waals surface area contributed by atoms with Crippen molar-refractivity contribution in [3.63, 3.8) is 0 Å². The van der Waals surface area contributed by atoms with Crippen LogP contribution in [0.2, 0.25) is 0 Å². The molecule has 2 nitrogen and oxygen atoms in total. The molecule has 0 aliphatic carbocycles. The molecule has 0 heterocycles. The predicted molar refractivity (Wildman–Crippen MR) is 92.1 cm³/mol. The lowest BCUT2D eigenvalue weighted by molar-refractivity contribution is 0.303. The molecule has 2 heteroatoms. The number of rotatable bonds is 11. The van der Waals surface area contributed by atoms with E-state index in [9.17, 15) is 0 Å². The number of benzene rings is 1. The van der Waals surface area contributed by atoms with E-state index in [2.05, 4.69) is 57.3 Å². The maximum Gasteiger partial charge on any atom is 0.119 e. The van der Waals surface area contributed by atoms with Crippen molar-refractivity contribution in [2.45, 2.75) is 65.8 Å². The Morgan fingerprint density at radius 3 is 2.38 bits per heavy atom. The van der Waals surface area contributed by atoms with Crippen LogP contribution in [0.25, 0.3) is 0 Å². The highest BCUT2D eigenvalue weighted by Crippen LogP contribution is 2.13. The van der Waals surface area contributed by atoms with Gasteiger partial charge in [-0.05, 0) is 56.2 Å². The van der Waals surface area contributed by atoms with Crippen molar-refractivity contribution in [1.82, 2.24) is 5.32 Å². The minimum absolute atomic E-state index is 0.576. The average Bonchev–Trinajstić information content (AvgIpc) is 2.48. The highest BCUT2D eigenvalue weighted by molar-refractivity contribution is 5.27. The summed E-state index contributed by atoms with van der Waals surface area (Å²) in [5.41, 5.74) is 1.41. The van der Waals surface area contributed by atoms with Crippen molar-refractivity contribution in [1.29, 1.82) is 0 Å². The minimum atomic E-state index is 0.576. The lowest BCUT2D eigenvalue weighted by atomic mass is 10.0. The smallest absolute Gasteiger partial charge is 0.119 e. The summed E-state index contributed by atoms with van der Waals surface area (Å²) >= 11 is 0. The molecule has 0 saturated heterocycles. The van der Waals surface area contributed by atoms with Gasteiger partial charge in [-0.15, -0.1) is 0 Å². The van der Waals surface area contributed by atoms with E-state index in [1.165, 1.54) is 37.7 Å². The van der Waals surface area contributed by atoms with Gasteiger partial charge < -0.3 is 10.1 Å². The van der Waals surface area contributed by atoms with E-state index in [1.807, 2.05) is 0 Å². The molecule has 1 rings (SSSR count). The van der Waals surface area contributed by atoms with Gasteiger partial charge in [-0.25, -0.2) is 0 Å². The number of ether oxygens (including phenoxy) is 1. The first-order chi connectivity index (χ1) is 10.1. The predicted octanol–water partition coefficient (Wildman–Crippen LogP) is 4.82. The lowest BCUT2D eigenvalue weighted by Gasteiger charge is -2.15. The molecule has 0 bridgehead atoms. The maximum absolute atomic E-state index is 5.78. The van der Waals surface area contributed by atoms with Crippen LogP contribution < -0.4 is 10.1 Å². The van der Waals surface area contributed by atoms with E-state index >= 15 is 0 Å². The van der Waals surface area contributed by atoms with Crippen molar-refractivity contribution < 1.29 is 4.74 Å². The monoisotopic (exact) mass is 291 g/mol. The van der Waals surface area contributed by atoms with Gasteiger partial charge in [-0.2, -0.15) is 0 Å². The SMILES string of the molecule is CCCCc1ccc(OCCNC(C)CCC(C)C)cc1. The molecule has 0 fully saturated rings. The molecule has 1 atom stereocenters. The Bertz CT molecular complexity index is 358. The molecule has 0 saturated carbocycles. The second kappa shape index (κ2) is 10.7. The third-order valence-corrected chi connectivity index (χ3v) is 3.78. The molecule has 0 aliphatic heterocycles. The van der Waals surface area contributed by atoms with Gasteiger partial charge in [0, 0.05) is 12.6 Å². The highest BCUT2D eigenvalue weighted by atomic mass is 16.5. The molecule has 0 radical (unpaired) electrons. The molecule has 0 aliphatic rings. The van der Waals surface area contributed by atoms with Crippen molar-refractivity contribution in [3.05, 3.63) is 29.8 Å². The summed E-state index contributed by atoms with van der Waals surface area (Å²) < 4.78 is 5.78. The minimum Gasteiger partial charge on any atom is -0.492 e. The average molecular weight is 291 g/mol. The first-order valence-electron chi connectivity index (χ1n) is 8.57. The first kappa shape index (κ1) is 18.0. The molecule has 1 N–H and O–H groups in total. The normalized spacial score (nSPS) is 12.6. The Kier molecular flexibility index (Phi) is 9.16. The number of unbranched alkanes of at least 4 members (excludes halogenated alkanes) is 1. The van der Waals surface area contributed by atoms with Crippen LogP contribution in [0.3, 0.4) is 0 Å².